The normalized spacial score (nSPS) is 9.73. The number of aromatic nitrogens is 1. The number of likely N-dealkylation sites (N-methyl/N-ethyl adjacent to an activating group) is 1. The van der Waals surface area contributed by atoms with E-state index < -0.39 is 11.9 Å². The molecule has 0 radical (unpaired) electrons. The van der Waals surface area contributed by atoms with E-state index in [-0.39, 0.29) is 17.3 Å². The van der Waals surface area contributed by atoms with Gasteiger partial charge < -0.3 is 10.0 Å². The second kappa shape index (κ2) is 4.75. The van der Waals surface area contributed by atoms with Crippen LogP contribution in [0.15, 0.2) is 18.3 Å². The average Bonchev–Trinajstić information content (AvgIpc) is 2.16. The molecule has 80 valence electrons. The number of rotatable bonds is 3. The Morgan fingerprint density at radius 3 is 2.80 bits per heavy atom. The lowest BCUT2D eigenvalue weighted by molar-refractivity contribution is -0.137. The highest BCUT2D eigenvalue weighted by atomic mass is 35.5. The van der Waals surface area contributed by atoms with E-state index in [2.05, 4.69) is 4.98 Å². The highest BCUT2D eigenvalue weighted by Crippen LogP contribution is 2.13. The monoisotopic (exact) mass is 228 g/mol. The molecule has 0 spiro atoms. The second-order valence-corrected chi connectivity index (χ2v) is 3.25. The Bertz CT molecular complexity index is 395. The van der Waals surface area contributed by atoms with Gasteiger partial charge in [-0.3, -0.25) is 9.59 Å². The molecule has 0 aliphatic rings. The Labute approximate surface area is 91.3 Å². The van der Waals surface area contributed by atoms with Crippen LogP contribution in [0.4, 0.5) is 0 Å². The largest absolute Gasteiger partial charge is 0.480 e. The van der Waals surface area contributed by atoms with E-state index >= 15 is 0 Å². The van der Waals surface area contributed by atoms with E-state index in [1.165, 1.54) is 19.3 Å². The van der Waals surface area contributed by atoms with Gasteiger partial charge in [0.15, 0.2) is 0 Å². The summed E-state index contributed by atoms with van der Waals surface area (Å²) in [5.41, 5.74) is 0.197. The SMILES string of the molecule is CN(CC(=O)O)C(=O)c1cccnc1Cl. The topological polar surface area (TPSA) is 70.5 Å². The van der Waals surface area contributed by atoms with Gasteiger partial charge in [-0.1, -0.05) is 11.6 Å². The summed E-state index contributed by atoms with van der Waals surface area (Å²) in [6.07, 6.45) is 1.45. The van der Waals surface area contributed by atoms with Crippen LogP contribution in [-0.2, 0) is 4.79 Å². The summed E-state index contributed by atoms with van der Waals surface area (Å²) in [6, 6.07) is 3.06. The lowest BCUT2D eigenvalue weighted by Gasteiger charge is -2.14. The van der Waals surface area contributed by atoms with Crippen molar-refractivity contribution in [2.24, 2.45) is 0 Å². The van der Waals surface area contributed by atoms with Crippen LogP contribution in [0.2, 0.25) is 5.15 Å². The molecule has 1 amide bonds. The van der Waals surface area contributed by atoms with Gasteiger partial charge in [0.25, 0.3) is 5.91 Å². The molecule has 0 aliphatic carbocycles. The Kier molecular flexibility index (Phi) is 3.62. The first-order valence-electron chi connectivity index (χ1n) is 4.10. The van der Waals surface area contributed by atoms with Gasteiger partial charge in [-0.2, -0.15) is 0 Å². The van der Waals surface area contributed by atoms with Crippen molar-refractivity contribution in [3.05, 3.63) is 29.0 Å². The Hall–Kier alpha value is -1.62. The number of carboxylic acid groups (broad SMARTS) is 1. The summed E-state index contributed by atoms with van der Waals surface area (Å²) in [7, 11) is 1.39. The van der Waals surface area contributed by atoms with E-state index in [4.69, 9.17) is 16.7 Å². The molecule has 0 saturated carbocycles. The van der Waals surface area contributed by atoms with Gasteiger partial charge in [0.2, 0.25) is 0 Å². The molecule has 0 aliphatic heterocycles. The molecule has 1 aromatic rings. The van der Waals surface area contributed by atoms with Crippen molar-refractivity contribution in [2.45, 2.75) is 0 Å². The van der Waals surface area contributed by atoms with Gasteiger partial charge >= 0.3 is 5.97 Å². The second-order valence-electron chi connectivity index (χ2n) is 2.90. The Morgan fingerprint density at radius 2 is 2.27 bits per heavy atom. The fourth-order valence-electron chi connectivity index (χ4n) is 1.03. The first kappa shape index (κ1) is 11.5. The summed E-state index contributed by atoms with van der Waals surface area (Å²) >= 11 is 5.69. The maximum absolute atomic E-state index is 11.6. The molecular weight excluding hydrogens is 220 g/mol. The number of carboxylic acids is 1. The number of amides is 1. The molecule has 1 rings (SSSR count). The maximum Gasteiger partial charge on any atom is 0.323 e. The molecular formula is C9H9ClN2O3. The van der Waals surface area contributed by atoms with Crippen LogP contribution in [0, 0.1) is 0 Å². The number of pyridine rings is 1. The molecule has 15 heavy (non-hydrogen) atoms. The van der Waals surface area contributed by atoms with Crippen LogP contribution in [0.25, 0.3) is 0 Å². The van der Waals surface area contributed by atoms with Gasteiger partial charge in [0.1, 0.15) is 11.7 Å². The minimum atomic E-state index is -1.08. The maximum atomic E-state index is 11.6. The highest BCUT2D eigenvalue weighted by molar-refractivity contribution is 6.32. The van der Waals surface area contributed by atoms with E-state index in [0.29, 0.717) is 0 Å². The van der Waals surface area contributed by atoms with Crippen molar-refractivity contribution in [3.8, 4) is 0 Å². The number of aliphatic carboxylic acids is 1. The van der Waals surface area contributed by atoms with Gasteiger partial charge in [0.05, 0.1) is 5.56 Å². The molecule has 0 aromatic carbocycles. The number of hydrogen-bond donors (Lipinski definition) is 1. The zero-order valence-corrected chi connectivity index (χ0v) is 8.73. The summed E-state index contributed by atoms with van der Waals surface area (Å²) in [4.78, 5) is 26.8. The smallest absolute Gasteiger partial charge is 0.323 e. The van der Waals surface area contributed by atoms with Crippen LogP contribution in [0.5, 0.6) is 0 Å². The van der Waals surface area contributed by atoms with Crippen LogP contribution >= 0.6 is 11.6 Å². The van der Waals surface area contributed by atoms with Crippen LogP contribution < -0.4 is 0 Å². The predicted molar refractivity (Wildman–Crippen MR) is 53.8 cm³/mol. The summed E-state index contributed by atoms with van der Waals surface area (Å²) < 4.78 is 0. The van der Waals surface area contributed by atoms with E-state index in [1.54, 1.807) is 6.07 Å². The van der Waals surface area contributed by atoms with Crippen molar-refractivity contribution in [3.63, 3.8) is 0 Å². The van der Waals surface area contributed by atoms with E-state index in [9.17, 15) is 9.59 Å². The summed E-state index contributed by atoms with van der Waals surface area (Å²) in [5.74, 6) is -1.54. The summed E-state index contributed by atoms with van der Waals surface area (Å²) in [5, 5.41) is 8.58. The standard InChI is InChI=1S/C9H9ClN2O3/c1-12(5-7(13)14)9(15)6-3-2-4-11-8(6)10/h2-4H,5H2,1H3,(H,13,14). The Balaban J connectivity index is 2.85. The molecule has 6 heteroatoms. The van der Waals surface area contributed by atoms with Crippen LogP contribution in [0.1, 0.15) is 10.4 Å². The zero-order valence-electron chi connectivity index (χ0n) is 7.98. The molecule has 0 fully saturated rings. The number of hydrogen-bond acceptors (Lipinski definition) is 3. The van der Waals surface area contributed by atoms with Crippen molar-refractivity contribution in [1.29, 1.82) is 0 Å². The highest BCUT2D eigenvalue weighted by Gasteiger charge is 2.17. The first-order valence-corrected chi connectivity index (χ1v) is 4.48. The summed E-state index contributed by atoms with van der Waals surface area (Å²) in [6.45, 7) is -0.371. The molecule has 5 nitrogen and oxygen atoms in total. The molecule has 0 unspecified atom stereocenters. The molecule has 1 N–H and O–H groups in total. The number of carbonyl (C=O) groups excluding carboxylic acids is 1. The van der Waals surface area contributed by atoms with Crippen LogP contribution in [0.3, 0.4) is 0 Å². The predicted octanol–water partition coefficient (Wildman–Crippen LogP) is 0.892. The van der Waals surface area contributed by atoms with E-state index in [0.717, 1.165) is 4.90 Å². The molecule has 0 atom stereocenters. The fourth-order valence-corrected chi connectivity index (χ4v) is 1.23. The zero-order chi connectivity index (χ0) is 11.4. The van der Waals surface area contributed by atoms with Crippen molar-refractivity contribution < 1.29 is 14.7 Å². The minimum Gasteiger partial charge on any atom is -0.480 e. The first-order chi connectivity index (χ1) is 7.02. The molecule has 1 heterocycles. The molecule has 0 saturated heterocycles. The van der Waals surface area contributed by atoms with Gasteiger partial charge in [-0.05, 0) is 12.1 Å². The number of nitrogens with zero attached hydrogens (tertiary/aromatic N) is 2. The van der Waals surface area contributed by atoms with E-state index in [1.807, 2.05) is 0 Å². The third kappa shape index (κ3) is 2.92. The number of halogens is 1. The van der Waals surface area contributed by atoms with Gasteiger partial charge in [-0.15, -0.1) is 0 Å². The lowest BCUT2D eigenvalue weighted by Crippen LogP contribution is -2.32. The van der Waals surface area contributed by atoms with Gasteiger partial charge in [0, 0.05) is 13.2 Å². The minimum absolute atomic E-state index is 0.0692. The van der Waals surface area contributed by atoms with Gasteiger partial charge in [-0.25, -0.2) is 4.98 Å². The molecule has 0 bridgehead atoms. The Morgan fingerprint density at radius 1 is 1.60 bits per heavy atom. The fraction of sp³-hybridized carbons (Fsp3) is 0.222. The van der Waals surface area contributed by atoms with Crippen LogP contribution in [-0.4, -0.2) is 40.5 Å². The third-order valence-corrected chi connectivity index (χ3v) is 2.01. The average molecular weight is 229 g/mol. The quantitative estimate of drug-likeness (QED) is 0.780. The lowest BCUT2D eigenvalue weighted by atomic mass is 10.2. The molecule has 1 aromatic heterocycles. The van der Waals surface area contributed by atoms with Crippen molar-refractivity contribution >= 4 is 23.5 Å². The van der Waals surface area contributed by atoms with Crippen molar-refractivity contribution in [1.82, 2.24) is 9.88 Å². The van der Waals surface area contributed by atoms with Crippen molar-refractivity contribution in [2.75, 3.05) is 13.6 Å². The third-order valence-electron chi connectivity index (χ3n) is 1.71. The number of carbonyl (C=O) groups is 2.